The molecule has 0 atom stereocenters. The van der Waals surface area contributed by atoms with Gasteiger partial charge in [0.05, 0.1) is 12.6 Å². The number of aromatic nitrogens is 3. The minimum atomic E-state index is -1.05. The fraction of sp³-hybridized carbons (Fsp3) is 0.500. The van der Waals surface area contributed by atoms with E-state index < -0.39 is 5.97 Å². The second kappa shape index (κ2) is 5.80. The molecule has 2 N–H and O–H groups in total. The Bertz CT molecular complexity index is 758. The van der Waals surface area contributed by atoms with Crippen LogP contribution in [-0.4, -0.2) is 45.4 Å². The number of hydrogen-bond acceptors (Lipinski definition) is 5. The van der Waals surface area contributed by atoms with Gasteiger partial charge in [-0.25, -0.2) is 4.79 Å². The average molecular weight is 306 g/mol. The first-order chi connectivity index (χ1) is 10.6. The molecule has 0 spiro atoms. The molecule has 118 valence electrons. The number of rotatable bonds is 4. The number of hydrogen-bond donors (Lipinski definition) is 2. The van der Waals surface area contributed by atoms with Crippen molar-refractivity contribution in [3.8, 4) is 5.88 Å². The minimum absolute atomic E-state index is 0.0194. The Kier molecular flexibility index (Phi) is 3.84. The van der Waals surface area contributed by atoms with E-state index in [0.29, 0.717) is 17.0 Å². The number of carboxylic acid groups (broad SMARTS) is 1. The fourth-order valence-corrected chi connectivity index (χ4v) is 2.93. The second-order valence-electron chi connectivity index (χ2n) is 5.31. The van der Waals surface area contributed by atoms with E-state index in [1.807, 2.05) is 0 Å². The van der Waals surface area contributed by atoms with E-state index in [1.165, 1.54) is 11.7 Å². The van der Waals surface area contributed by atoms with E-state index in [0.717, 1.165) is 25.9 Å². The van der Waals surface area contributed by atoms with E-state index in [2.05, 4.69) is 10.3 Å². The first kappa shape index (κ1) is 14.6. The van der Waals surface area contributed by atoms with Crippen LogP contribution in [0.4, 0.5) is 0 Å². The third-order valence-corrected chi connectivity index (χ3v) is 3.96. The summed E-state index contributed by atoms with van der Waals surface area (Å²) in [7, 11) is 1.51. The van der Waals surface area contributed by atoms with Crippen LogP contribution in [0, 0.1) is 0 Å². The van der Waals surface area contributed by atoms with Gasteiger partial charge in [-0.05, 0) is 32.0 Å². The van der Waals surface area contributed by atoms with Crippen LogP contribution in [0.25, 0.3) is 11.2 Å². The minimum Gasteiger partial charge on any atom is -0.481 e. The second-order valence-corrected chi connectivity index (χ2v) is 5.31. The quantitative estimate of drug-likeness (QED) is 0.838. The smallest absolute Gasteiger partial charge is 0.331 e. The van der Waals surface area contributed by atoms with E-state index in [9.17, 15) is 9.59 Å². The summed E-state index contributed by atoms with van der Waals surface area (Å²) in [6, 6.07) is 3.33. The van der Waals surface area contributed by atoms with E-state index in [-0.39, 0.29) is 18.3 Å². The molecule has 2 aromatic rings. The van der Waals surface area contributed by atoms with Crippen LogP contribution in [0.3, 0.4) is 0 Å². The van der Waals surface area contributed by atoms with Crippen molar-refractivity contribution in [3.63, 3.8) is 0 Å². The number of carboxylic acids is 1. The highest BCUT2D eigenvalue weighted by Gasteiger charge is 2.24. The normalized spacial score (nSPS) is 16.0. The molecule has 0 saturated carbocycles. The van der Waals surface area contributed by atoms with Crippen molar-refractivity contribution >= 4 is 17.1 Å². The van der Waals surface area contributed by atoms with Gasteiger partial charge in [0, 0.05) is 12.1 Å². The Morgan fingerprint density at radius 3 is 2.82 bits per heavy atom. The zero-order valence-electron chi connectivity index (χ0n) is 12.3. The summed E-state index contributed by atoms with van der Waals surface area (Å²) < 4.78 is 8.00. The lowest BCUT2D eigenvalue weighted by Gasteiger charge is -2.23. The van der Waals surface area contributed by atoms with Gasteiger partial charge < -0.3 is 15.2 Å². The summed E-state index contributed by atoms with van der Waals surface area (Å²) in [6.07, 6.45) is 1.62. The first-order valence-corrected chi connectivity index (χ1v) is 7.20. The van der Waals surface area contributed by atoms with Crippen molar-refractivity contribution in [1.29, 1.82) is 0 Å². The van der Waals surface area contributed by atoms with Crippen LogP contribution >= 0.6 is 0 Å². The van der Waals surface area contributed by atoms with Gasteiger partial charge in [-0.2, -0.15) is 4.98 Å². The van der Waals surface area contributed by atoms with Gasteiger partial charge in [-0.1, -0.05) is 0 Å². The zero-order chi connectivity index (χ0) is 15.7. The summed E-state index contributed by atoms with van der Waals surface area (Å²) in [5, 5.41) is 12.3. The molecule has 2 aromatic heterocycles. The van der Waals surface area contributed by atoms with Crippen LogP contribution in [0.5, 0.6) is 5.88 Å². The highest BCUT2D eigenvalue weighted by molar-refractivity contribution is 5.75. The van der Waals surface area contributed by atoms with Gasteiger partial charge >= 0.3 is 11.7 Å². The lowest BCUT2D eigenvalue weighted by Crippen LogP contribution is -2.35. The van der Waals surface area contributed by atoms with Crippen molar-refractivity contribution in [1.82, 2.24) is 19.4 Å². The van der Waals surface area contributed by atoms with Crippen molar-refractivity contribution in [2.75, 3.05) is 20.2 Å². The van der Waals surface area contributed by atoms with Crippen molar-refractivity contribution in [3.05, 3.63) is 22.6 Å². The molecule has 3 heterocycles. The third kappa shape index (κ3) is 2.45. The molecule has 1 aliphatic rings. The topological polar surface area (TPSA) is 98.4 Å². The number of aliphatic carboxylic acids is 1. The van der Waals surface area contributed by atoms with Crippen LogP contribution < -0.4 is 15.7 Å². The molecule has 0 bridgehead atoms. The maximum absolute atomic E-state index is 12.7. The van der Waals surface area contributed by atoms with Crippen LogP contribution in [0.2, 0.25) is 0 Å². The SMILES string of the molecule is COc1ccc2c(n1)n(C1CCNCC1)c(=O)n2CC(=O)O. The number of nitrogens with zero attached hydrogens (tertiary/aromatic N) is 3. The van der Waals surface area contributed by atoms with E-state index in [4.69, 9.17) is 9.84 Å². The molecular formula is C14H18N4O4. The Labute approximate surface area is 126 Å². The number of nitrogens with one attached hydrogen (secondary N) is 1. The molecule has 1 saturated heterocycles. The van der Waals surface area contributed by atoms with Crippen LogP contribution in [0.1, 0.15) is 18.9 Å². The fourth-order valence-electron chi connectivity index (χ4n) is 2.93. The highest BCUT2D eigenvalue weighted by atomic mass is 16.5. The summed E-state index contributed by atoms with van der Waals surface area (Å²) in [6.45, 7) is 1.28. The summed E-state index contributed by atoms with van der Waals surface area (Å²) >= 11 is 0. The van der Waals surface area contributed by atoms with Gasteiger partial charge in [-0.15, -0.1) is 0 Å². The number of imidazole rings is 1. The third-order valence-electron chi connectivity index (χ3n) is 3.96. The number of ether oxygens (including phenoxy) is 1. The van der Waals surface area contributed by atoms with Gasteiger partial charge in [0.1, 0.15) is 6.54 Å². The van der Waals surface area contributed by atoms with Crippen molar-refractivity contribution < 1.29 is 14.6 Å². The molecule has 0 amide bonds. The van der Waals surface area contributed by atoms with Crippen molar-refractivity contribution in [2.45, 2.75) is 25.4 Å². The van der Waals surface area contributed by atoms with Gasteiger partial charge in [0.2, 0.25) is 5.88 Å². The van der Waals surface area contributed by atoms with E-state index in [1.54, 1.807) is 16.7 Å². The summed E-state index contributed by atoms with van der Waals surface area (Å²) in [5.74, 6) is -0.648. The Morgan fingerprint density at radius 2 is 2.18 bits per heavy atom. The lowest BCUT2D eigenvalue weighted by atomic mass is 10.1. The average Bonchev–Trinajstić information content (AvgIpc) is 2.79. The zero-order valence-corrected chi connectivity index (χ0v) is 12.3. The first-order valence-electron chi connectivity index (χ1n) is 7.20. The number of carbonyl (C=O) groups is 1. The molecule has 0 unspecified atom stereocenters. The predicted molar refractivity (Wildman–Crippen MR) is 79.3 cm³/mol. The molecule has 8 nitrogen and oxygen atoms in total. The summed E-state index contributed by atoms with van der Waals surface area (Å²) in [5.41, 5.74) is 0.675. The summed E-state index contributed by atoms with van der Waals surface area (Å²) in [4.78, 5) is 28.1. The Balaban J connectivity index is 2.21. The number of pyridine rings is 1. The number of piperidine rings is 1. The maximum Gasteiger partial charge on any atom is 0.331 e. The molecule has 8 heteroatoms. The van der Waals surface area contributed by atoms with Crippen LogP contribution in [0.15, 0.2) is 16.9 Å². The molecule has 1 aliphatic heterocycles. The number of fused-ring (bicyclic) bond motifs is 1. The van der Waals surface area contributed by atoms with Crippen LogP contribution in [-0.2, 0) is 11.3 Å². The highest BCUT2D eigenvalue weighted by Crippen LogP contribution is 2.23. The molecule has 22 heavy (non-hydrogen) atoms. The molecule has 0 aliphatic carbocycles. The van der Waals surface area contributed by atoms with Gasteiger partial charge in [0.15, 0.2) is 5.65 Å². The van der Waals surface area contributed by atoms with Gasteiger partial charge in [-0.3, -0.25) is 13.9 Å². The molecule has 3 rings (SSSR count). The predicted octanol–water partition coefficient (Wildman–Crippen LogP) is 0.216. The van der Waals surface area contributed by atoms with Gasteiger partial charge in [0.25, 0.3) is 0 Å². The molecule has 0 radical (unpaired) electrons. The Morgan fingerprint density at radius 1 is 1.45 bits per heavy atom. The monoisotopic (exact) mass is 306 g/mol. The largest absolute Gasteiger partial charge is 0.481 e. The maximum atomic E-state index is 12.7. The van der Waals surface area contributed by atoms with E-state index >= 15 is 0 Å². The number of methoxy groups -OCH3 is 1. The molecular weight excluding hydrogens is 288 g/mol. The standard InChI is InChI=1S/C14H18N4O4/c1-22-11-3-2-10-13(16-11)18(9-4-6-15-7-5-9)14(21)17(10)8-12(19)20/h2-3,9,15H,4-8H2,1H3,(H,19,20). The van der Waals surface area contributed by atoms with Crippen molar-refractivity contribution in [2.24, 2.45) is 0 Å². The lowest BCUT2D eigenvalue weighted by molar-refractivity contribution is -0.137. The molecule has 0 aromatic carbocycles. The Hall–Kier alpha value is -2.35. The molecule has 1 fully saturated rings.